The number of carbonyl (C=O) groups excluding carboxylic acids is 2. The summed E-state index contributed by atoms with van der Waals surface area (Å²) in [7, 11) is 1.26. The second kappa shape index (κ2) is 8.54. The number of hydrogen-bond acceptors (Lipinski definition) is 4. The molecule has 0 spiro atoms. The number of nitrogens with one attached hydrogen (secondary N) is 2. The van der Waals surface area contributed by atoms with Gasteiger partial charge < -0.3 is 19.8 Å². The van der Waals surface area contributed by atoms with Crippen LogP contribution in [0.5, 0.6) is 5.75 Å². The topological polar surface area (TPSA) is 80.4 Å². The van der Waals surface area contributed by atoms with Crippen LogP contribution in [-0.4, -0.2) is 30.6 Å². The minimum absolute atomic E-state index is 0.249. The third-order valence-corrected chi connectivity index (χ3v) is 4.66. The molecular formula is C20H18Cl2N2O4. The summed E-state index contributed by atoms with van der Waals surface area (Å²) in [6.07, 6.45) is 0. The third kappa shape index (κ3) is 4.24. The van der Waals surface area contributed by atoms with E-state index in [1.807, 2.05) is 6.92 Å². The van der Waals surface area contributed by atoms with Gasteiger partial charge >= 0.3 is 5.97 Å². The monoisotopic (exact) mass is 420 g/mol. The van der Waals surface area contributed by atoms with Crippen LogP contribution in [-0.2, 0) is 9.53 Å². The second-order valence-electron chi connectivity index (χ2n) is 5.96. The maximum Gasteiger partial charge on any atom is 0.333 e. The van der Waals surface area contributed by atoms with Crippen molar-refractivity contribution in [1.29, 1.82) is 0 Å². The smallest absolute Gasteiger partial charge is 0.333 e. The Balaban J connectivity index is 1.87. The molecule has 3 rings (SSSR count). The Kier molecular flexibility index (Phi) is 6.11. The van der Waals surface area contributed by atoms with Gasteiger partial charge in [0.05, 0.1) is 18.7 Å². The Morgan fingerprint density at radius 3 is 2.50 bits per heavy atom. The van der Waals surface area contributed by atoms with Crippen LogP contribution in [0.3, 0.4) is 0 Å². The molecule has 0 radical (unpaired) electrons. The SMILES string of the molecule is CCOc1ccc(C(NC(=O)c2cc3c(Cl)cc(Cl)cc3[nH]2)C(=O)OC)cc1. The standard InChI is InChI=1S/C20H18Cl2N2O4/c1-3-28-13-6-4-11(5-7-13)18(20(26)27-2)24-19(25)17-10-14-15(22)8-12(21)9-16(14)23-17/h4-10,18,23H,3H2,1-2H3,(H,24,25). The maximum atomic E-state index is 12.7. The summed E-state index contributed by atoms with van der Waals surface area (Å²) in [5.41, 5.74) is 1.44. The second-order valence-corrected chi connectivity index (χ2v) is 6.81. The van der Waals surface area contributed by atoms with E-state index in [0.717, 1.165) is 0 Å². The number of carbonyl (C=O) groups is 2. The van der Waals surface area contributed by atoms with Crippen LogP contribution < -0.4 is 10.1 Å². The lowest BCUT2D eigenvalue weighted by molar-refractivity contribution is -0.143. The number of methoxy groups -OCH3 is 1. The first-order valence-corrected chi connectivity index (χ1v) is 9.27. The number of amides is 1. The summed E-state index contributed by atoms with van der Waals surface area (Å²) in [4.78, 5) is 27.9. The molecule has 0 aliphatic carbocycles. The predicted molar refractivity (Wildman–Crippen MR) is 108 cm³/mol. The van der Waals surface area contributed by atoms with Gasteiger partial charge in [0, 0.05) is 15.9 Å². The molecule has 0 bridgehead atoms. The first-order valence-electron chi connectivity index (χ1n) is 8.52. The highest BCUT2D eigenvalue weighted by Gasteiger charge is 2.25. The van der Waals surface area contributed by atoms with Crippen molar-refractivity contribution in [2.45, 2.75) is 13.0 Å². The zero-order valence-electron chi connectivity index (χ0n) is 15.2. The van der Waals surface area contributed by atoms with Crippen molar-refractivity contribution in [2.24, 2.45) is 0 Å². The normalized spacial score (nSPS) is 11.9. The predicted octanol–water partition coefficient (Wildman–Crippen LogP) is 4.52. The van der Waals surface area contributed by atoms with E-state index < -0.39 is 17.9 Å². The van der Waals surface area contributed by atoms with E-state index in [9.17, 15) is 9.59 Å². The minimum atomic E-state index is -0.973. The summed E-state index contributed by atoms with van der Waals surface area (Å²) >= 11 is 12.2. The Hall–Kier alpha value is -2.70. The van der Waals surface area contributed by atoms with Crippen LogP contribution in [0.4, 0.5) is 0 Å². The van der Waals surface area contributed by atoms with Crippen molar-refractivity contribution >= 4 is 46.0 Å². The van der Waals surface area contributed by atoms with Gasteiger partial charge in [-0.15, -0.1) is 0 Å². The fourth-order valence-electron chi connectivity index (χ4n) is 2.81. The van der Waals surface area contributed by atoms with Gasteiger partial charge in [-0.3, -0.25) is 4.79 Å². The molecule has 146 valence electrons. The summed E-state index contributed by atoms with van der Waals surface area (Å²) in [6.45, 7) is 2.41. The minimum Gasteiger partial charge on any atom is -0.494 e. The van der Waals surface area contributed by atoms with E-state index in [2.05, 4.69) is 10.3 Å². The molecule has 1 atom stereocenters. The highest BCUT2D eigenvalue weighted by Crippen LogP contribution is 2.28. The number of esters is 1. The first kappa shape index (κ1) is 20.0. The first-order chi connectivity index (χ1) is 13.4. The summed E-state index contributed by atoms with van der Waals surface area (Å²) in [6, 6.07) is 10.8. The third-order valence-electron chi connectivity index (χ3n) is 4.13. The molecule has 8 heteroatoms. The molecule has 0 aliphatic heterocycles. The van der Waals surface area contributed by atoms with E-state index in [1.165, 1.54) is 7.11 Å². The Morgan fingerprint density at radius 2 is 1.86 bits per heavy atom. The Morgan fingerprint density at radius 1 is 1.14 bits per heavy atom. The van der Waals surface area contributed by atoms with E-state index in [0.29, 0.717) is 38.9 Å². The van der Waals surface area contributed by atoms with Crippen LogP contribution in [0.2, 0.25) is 10.0 Å². The van der Waals surface area contributed by atoms with Crippen molar-refractivity contribution in [3.8, 4) is 5.75 Å². The molecule has 2 N–H and O–H groups in total. The molecule has 6 nitrogen and oxygen atoms in total. The zero-order chi connectivity index (χ0) is 20.3. The van der Waals surface area contributed by atoms with Gasteiger partial charge in [-0.25, -0.2) is 4.79 Å². The fourth-order valence-corrected chi connectivity index (χ4v) is 3.36. The number of halogens is 2. The van der Waals surface area contributed by atoms with Gasteiger partial charge in [-0.1, -0.05) is 35.3 Å². The van der Waals surface area contributed by atoms with Crippen molar-refractivity contribution < 1.29 is 19.1 Å². The van der Waals surface area contributed by atoms with Crippen LogP contribution in [0.25, 0.3) is 10.9 Å². The van der Waals surface area contributed by atoms with Gasteiger partial charge in [0.15, 0.2) is 6.04 Å². The van der Waals surface area contributed by atoms with Gasteiger partial charge in [0.2, 0.25) is 0 Å². The molecule has 0 fully saturated rings. The summed E-state index contributed by atoms with van der Waals surface area (Å²) in [5, 5.41) is 4.22. The number of benzene rings is 2. The fraction of sp³-hybridized carbons (Fsp3) is 0.200. The number of fused-ring (bicyclic) bond motifs is 1. The Labute approximate surface area is 171 Å². The molecule has 2 aromatic carbocycles. The van der Waals surface area contributed by atoms with E-state index in [1.54, 1.807) is 42.5 Å². The van der Waals surface area contributed by atoms with Gasteiger partial charge in [0.1, 0.15) is 11.4 Å². The number of aromatic nitrogens is 1. The van der Waals surface area contributed by atoms with E-state index in [-0.39, 0.29) is 5.69 Å². The number of rotatable bonds is 6. The van der Waals surface area contributed by atoms with Crippen molar-refractivity contribution in [3.05, 3.63) is 63.8 Å². The molecule has 0 saturated heterocycles. The maximum absolute atomic E-state index is 12.7. The highest BCUT2D eigenvalue weighted by molar-refractivity contribution is 6.38. The average molecular weight is 421 g/mol. The van der Waals surface area contributed by atoms with Gasteiger partial charge in [-0.05, 0) is 42.8 Å². The lowest BCUT2D eigenvalue weighted by Gasteiger charge is -2.17. The number of ether oxygens (including phenoxy) is 2. The van der Waals surface area contributed by atoms with Crippen LogP contribution in [0, 0.1) is 0 Å². The molecule has 1 heterocycles. The number of aromatic amines is 1. The van der Waals surface area contributed by atoms with E-state index >= 15 is 0 Å². The number of hydrogen-bond donors (Lipinski definition) is 2. The molecule has 3 aromatic rings. The lowest BCUT2D eigenvalue weighted by atomic mass is 10.1. The highest BCUT2D eigenvalue weighted by atomic mass is 35.5. The Bertz CT molecular complexity index is 1010. The summed E-state index contributed by atoms with van der Waals surface area (Å²) < 4.78 is 10.2. The van der Waals surface area contributed by atoms with Gasteiger partial charge in [0.25, 0.3) is 5.91 Å². The zero-order valence-corrected chi connectivity index (χ0v) is 16.7. The van der Waals surface area contributed by atoms with Crippen molar-refractivity contribution in [3.63, 3.8) is 0 Å². The summed E-state index contributed by atoms with van der Waals surface area (Å²) in [5.74, 6) is -0.397. The van der Waals surface area contributed by atoms with Crippen LogP contribution in [0.15, 0.2) is 42.5 Å². The largest absolute Gasteiger partial charge is 0.494 e. The number of H-pyrrole nitrogens is 1. The lowest BCUT2D eigenvalue weighted by Crippen LogP contribution is -2.34. The molecule has 1 amide bonds. The van der Waals surface area contributed by atoms with Crippen LogP contribution >= 0.6 is 23.2 Å². The molecule has 1 unspecified atom stereocenters. The quantitative estimate of drug-likeness (QED) is 0.574. The molecule has 1 aromatic heterocycles. The molecule has 0 saturated carbocycles. The molecule has 0 aliphatic rings. The molecule has 28 heavy (non-hydrogen) atoms. The van der Waals surface area contributed by atoms with E-state index in [4.69, 9.17) is 32.7 Å². The van der Waals surface area contributed by atoms with Crippen molar-refractivity contribution in [2.75, 3.05) is 13.7 Å². The van der Waals surface area contributed by atoms with Gasteiger partial charge in [-0.2, -0.15) is 0 Å². The average Bonchev–Trinajstić information content (AvgIpc) is 3.11. The van der Waals surface area contributed by atoms with Crippen molar-refractivity contribution in [1.82, 2.24) is 10.3 Å². The molecular weight excluding hydrogens is 403 g/mol. The van der Waals surface area contributed by atoms with Crippen LogP contribution in [0.1, 0.15) is 29.0 Å².